The number of para-hydroxylation sites is 1. The van der Waals surface area contributed by atoms with E-state index in [0.29, 0.717) is 16.7 Å². The Bertz CT molecular complexity index is 961. The van der Waals surface area contributed by atoms with E-state index in [1.54, 1.807) is 25.1 Å². The first-order valence-electron chi connectivity index (χ1n) is 8.15. The standard InChI is InChI=1S/C20H20N2O3/c1-13(17-21-16-12-8-7-11-15(16)18(23)22-17)25-19(24)20(2,3)14-9-5-4-6-10-14/h4-13H,1-3H3,(H,21,22,23)/t13-/m0/s1. The third-order valence-corrected chi connectivity index (χ3v) is 4.31. The maximum atomic E-state index is 12.7. The van der Waals surface area contributed by atoms with E-state index in [1.807, 2.05) is 50.2 Å². The van der Waals surface area contributed by atoms with Gasteiger partial charge < -0.3 is 9.72 Å². The third-order valence-electron chi connectivity index (χ3n) is 4.31. The molecule has 0 bridgehead atoms. The molecule has 2 aromatic carbocycles. The number of carbonyl (C=O) groups excluding carboxylic acids is 1. The van der Waals surface area contributed by atoms with Gasteiger partial charge in [-0.2, -0.15) is 0 Å². The number of benzene rings is 2. The first-order chi connectivity index (χ1) is 11.9. The molecule has 3 aromatic rings. The lowest BCUT2D eigenvalue weighted by atomic mass is 9.85. The zero-order valence-electron chi connectivity index (χ0n) is 14.4. The molecule has 0 amide bonds. The van der Waals surface area contributed by atoms with Crippen LogP contribution in [-0.4, -0.2) is 15.9 Å². The molecular weight excluding hydrogens is 316 g/mol. The average Bonchev–Trinajstić information content (AvgIpc) is 2.62. The normalized spacial score (nSPS) is 12.8. The van der Waals surface area contributed by atoms with Crippen molar-refractivity contribution < 1.29 is 9.53 Å². The van der Waals surface area contributed by atoms with Crippen LogP contribution in [0.1, 0.15) is 38.3 Å². The number of hydrogen-bond acceptors (Lipinski definition) is 4. The summed E-state index contributed by atoms with van der Waals surface area (Å²) < 4.78 is 5.59. The molecule has 0 unspecified atom stereocenters. The summed E-state index contributed by atoms with van der Waals surface area (Å²) in [7, 11) is 0. The Morgan fingerprint density at radius 1 is 1.08 bits per heavy atom. The molecule has 0 radical (unpaired) electrons. The summed E-state index contributed by atoms with van der Waals surface area (Å²) in [4.78, 5) is 31.9. The van der Waals surface area contributed by atoms with Gasteiger partial charge >= 0.3 is 5.97 Å². The molecule has 0 fully saturated rings. The highest BCUT2D eigenvalue weighted by Crippen LogP contribution is 2.27. The largest absolute Gasteiger partial charge is 0.454 e. The predicted molar refractivity (Wildman–Crippen MR) is 96.3 cm³/mol. The minimum absolute atomic E-state index is 0.245. The molecule has 0 aliphatic rings. The Morgan fingerprint density at radius 2 is 1.72 bits per heavy atom. The topological polar surface area (TPSA) is 72.0 Å². The summed E-state index contributed by atoms with van der Waals surface area (Å²) in [5.74, 6) is -0.0390. The first-order valence-corrected chi connectivity index (χ1v) is 8.15. The smallest absolute Gasteiger partial charge is 0.316 e. The molecule has 25 heavy (non-hydrogen) atoms. The fourth-order valence-electron chi connectivity index (χ4n) is 2.63. The van der Waals surface area contributed by atoms with Crippen molar-refractivity contribution >= 4 is 16.9 Å². The second-order valence-corrected chi connectivity index (χ2v) is 6.51. The lowest BCUT2D eigenvalue weighted by Crippen LogP contribution is -2.32. The van der Waals surface area contributed by atoms with Crippen molar-refractivity contribution in [1.82, 2.24) is 9.97 Å². The van der Waals surface area contributed by atoms with Gasteiger partial charge in [-0.05, 0) is 38.5 Å². The second-order valence-electron chi connectivity index (χ2n) is 6.51. The number of esters is 1. The second kappa shape index (κ2) is 6.51. The number of nitrogens with one attached hydrogen (secondary N) is 1. The third kappa shape index (κ3) is 3.31. The van der Waals surface area contributed by atoms with E-state index in [-0.39, 0.29) is 11.5 Å². The Morgan fingerprint density at radius 3 is 2.44 bits per heavy atom. The maximum absolute atomic E-state index is 12.7. The zero-order valence-corrected chi connectivity index (χ0v) is 14.4. The fourth-order valence-corrected chi connectivity index (χ4v) is 2.63. The van der Waals surface area contributed by atoms with Crippen LogP contribution in [0, 0.1) is 0 Å². The SMILES string of the molecule is C[C@H](OC(=O)C(C)(C)c1ccccc1)c1nc2ccccc2c(=O)[nH]1. The van der Waals surface area contributed by atoms with Crippen molar-refractivity contribution in [2.45, 2.75) is 32.3 Å². The predicted octanol–water partition coefficient (Wildman–Crippen LogP) is 3.51. The number of fused-ring (bicyclic) bond motifs is 1. The number of hydrogen-bond donors (Lipinski definition) is 1. The van der Waals surface area contributed by atoms with Gasteiger partial charge in [0.15, 0.2) is 11.9 Å². The molecule has 0 aliphatic carbocycles. The van der Waals surface area contributed by atoms with E-state index in [4.69, 9.17) is 4.74 Å². The molecule has 0 saturated carbocycles. The Labute approximate surface area is 145 Å². The van der Waals surface area contributed by atoms with E-state index >= 15 is 0 Å². The van der Waals surface area contributed by atoms with Crippen LogP contribution in [0.2, 0.25) is 0 Å². The molecule has 1 aromatic heterocycles. The van der Waals surface area contributed by atoms with Crippen molar-refractivity contribution in [1.29, 1.82) is 0 Å². The summed E-state index contributed by atoms with van der Waals surface area (Å²) in [6.07, 6.45) is -0.659. The molecule has 5 nitrogen and oxygen atoms in total. The molecule has 0 aliphatic heterocycles. The average molecular weight is 336 g/mol. The monoisotopic (exact) mass is 336 g/mol. The van der Waals surface area contributed by atoms with E-state index in [9.17, 15) is 9.59 Å². The Balaban J connectivity index is 1.86. The van der Waals surface area contributed by atoms with Crippen LogP contribution in [-0.2, 0) is 14.9 Å². The van der Waals surface area contributed by atoms with Gasteiger partial charge in [-0.25, -0.2) is 4.98 Å². The minimum Gasteiger partial charge on any atom is -0.454 e. The number of aromatic nitrogens is 2. The van der Waals surface area contributed by atoms with Crippen LogP contribution >= 0.6 is 0 Å². The van der Waals surface area contributed by atoms with Crippen molar-refractivity contribution in [2.24, 2.45) is 0 Å². The van der Waals surface area contributed by atoms with Crippen LogP contribution < -0.4 is 5.56 Å². The van der Waals surface area contributed by atoms with Crippen molar-refractivity contribution in [3.05, 3.63) is 76.3 Å². The highest BCUT2D eigenvalue weighted by atomic mass is 16.5. The molecule has 0 saturated heterocycles. The number of aromatic amines is 1. The molecule has 0 spiro atoms. The molecule has 1 atom stereocenters. The lowest BCUT2D eigenvalue weighted by molar-refractivity contribution is -0.154. The number of ether oxygens (including phenoxy) is 1. The van der Waals surface area contributed by atoms with E-state index in [2.05, 4.69) is 9.97 Å². The quantitative estimate of drug-likeness (QED) is 0.740. The number of carbonyl (C=O) groups is 1. The fraction of sp³-hybridized carbons (Fsp3) is 0.250. The van der Waals surface area contributed by atoms with Gasteiger partial charge in [0.05, 0.1) is 16.3 Å². The van der Waals surface area contributed by atoms with Crippen LogP contribution in [0.15, 0.2) is 59.4 Å². The lowest BCUT2D eigenvalue weighted by Gasteiger charge is -2.25. The van der Waals surface area contributed by atoms with Crippen LogP contribution in [0.5, 0.6) is 0 Å². The van der Waals surface area contributed by atoms with E-state index in [1.165, 1.54) is 0 Å². The molecule has 1 N–H and O–H groups in total. The van der Waals surface area contributed by atoms with Crippen molar-refractivity contribution in [2.75, 3.05) is 0 Å². The van der Waals surface area contributed by atoms with Gasteiger partial charge in [0.25, 0.3) is 5.56 Å². The summed E-state index contributed by atoms with van der Waals surface area (Å²) in [5.41, 5.74) is 0.400. The van der Waals surface area contributed by atoms with Gasteiger partial charge in [-0.3, -0.25) is 9.59 Å². The van der Waals surface area contributed by atoms with E-state index in [0.717, 1.165) is 5.56 Å². The van der Waals surface area contributed by atoms with Crippen LogP contribution in [0.25, 0.3) is 10.9 Å². The highest BCUT2D eigenvalue weighted by molar-refractivity contribution is 5.82. The van der Waals surface area contributed by atoms with Gasteiger partial charge in [0.2, 0.25) is 0 Å². The minimum atomic E-state index is -0.799. The summed E-state index contributed by atoms with van der Waals surface area (Å²) >= 11 is 0. The zero-order chi connectivity index (χ0) is 18.0. The molecule has 128 valence electrons. The van der Waals surface area contributed by atoms with Crippen LogP contribution in [0.3, 0.4) is 0 Å². The molecule has 5 heteroatoms. The van der Waals surface area contributed by atoms with Gasteiger partial charge in [-0.15, -0.1) is 0 Å². The highest BCUT2D eigenvalue weighted by Gasteiger charge is 2.33. The summed E-state index contributed by atoms with van der Waals surface area (Å²) in [6.45, 7) is 5.33. The number of nitrogens with zero attached hydrogens (tertiary/aromatic N) is 1. The van der Waals surface area contributed by atoms with Crippen molar-refractivity contribution in [3.63, 3.8) is 0 Å². The maximum Gasteiger partial charge on any atom is 0.316 e. The van der Waals surface area contributed by atoms with Crippen molar-refractivity contribution in [3.8, 4) is 0 Å². The van der Waals surface area contributed by atoms with Gasteiger partial charge in [-0.1, -0.05) is 42.5 Å². The number of rotatable bonds is 4. The molecular formula is C20H20N2O3. The van der Waals surface area contributed by atoms with E-state index < -0.39 is 11.5 Å². The first kappa shape index (κ1) is 16.9. The van der Waals surface area contributed by atoms with Gasteiger partial charge in [0.1, 0.15) is 0 Å². The molecule has 3 rings (SSSR count). The summed E-state index contributed by atoms with van der Waals surface area (Å²) in [6, 6.07) is 16.5. The summed E-state index contributed by atoms with van der Waals surface area (Å²) in [5, 5.41) is 0.509. The Kier molecular flexibility index (Phi) is 4.40. The van der Waals surface area contributed by atoms with Gasteiger partial charge in [0, 0.05) is 0 Å². The Hall–Kier alpha value is -2.95. The van der Waals surface area contributed by atoms with Crippen LogP contribution in [0.4, 0.5) is 0 Å². The number of H-pyrrole nitrogens is 1. The molecule has 1 heterocycles.